The molecule has 116 valence electrons. The van der Waals surface area contributed by atoms with Gasteiger partial charge in [-0.25, -0.2) is 9.78 Å². The number of carboxylic acids is 1. The Kier molecular flexibility index (Phi) is 4.58. The molecular formula is C15H16N2O4S. The van der Waals surface area contributed by atoms with E-state index in [4.69, 9.17) is 5.11 Å². The van der Waals surface area contributed by atoms with Crippen molar-refractivity contribution < 1.29 is 19.8 Å². The maximum atomic E-state index is 11.9. The van der Waals surface area contributed by atoms with Crippen LogP contribution in [0.5, 0.6) is 0 Å². The Labute approximate surface area is 131 Å². The maximum Gasteiger partial charge on any atom is 0.337 e. The number of aliphatic carboxylic acids is 1. The number of carbonyl (C=O) groups is 2. The molecule has 0 bridgehead atoms. The predicted molar refractivity (Wildman–Crippen MR) is 82.9 cm³/mol. The van der Waals surface area contributed by atoms with Crippen molar-refractivity contribution in [2.45, 2.75) is 19.4 Å². The fraction of sp³-hybridized carbons (Fsp3) is 0.267. The summed E-state index contributed by atoms with van der Waals surface area (Å²) in [6.07, 6.45) is 0. The van der Waals surface area contributed by atoms with E-state index in [-0.39, 0.29) is 6.54 Å². The molecule has 1 amide bonds. The van der Waals surface area contributed by atoms with Crippen LogP contribution in [0.25, 0.3) is 11.3 Å². The van der Waals surface area contributed by atoms with Crippen molar-refractivity contribution in [3.8, 4) is 11.3 Å². The van der Waals surface area contributed by atoms with Crippen LogP contribution in [0.1, 0.15) is 22.3 Å². The third-order valence-electron chi connectivity index (χ3n) is 3.12. The molecular weight excluding hydrogens is 304 g/mol. The van der Waals surface area contributed by atoms with Crippen LogP contribution < -0.4 is 5.32 Å². The summed E-state index contributed by atoms with van der Waals surface area (Å²) in [5, 5.41) is 23.6. The Morgan fingerprint density at radius 2 is 1.95 bits per heavy atom. The number of aromatic nitrogens is 1. The number of nitrogens with zero attached hydrogens (tertiary/aromatic N) is 1. The van der Waals surface area contributed by atoms with Crippen molar-refractivity contribution in [3.05, 3.63) is 40.2 Å². The summed E-state index contributed by atoms with van der Waals surface area (Å²) in [5.74, 6) is -1.83. The zero-order valence-corrected chi connectivity index (χ0v) is 13.0. The molecule has 1 aromatic heterocycles. The number of aliphatic hydroxyl groups is 1. The number of benzene rings is 1. The Balaban J connectivity index is 2.04. The lowest BCUT2D eigenvalue weighted by atomic mass is 10.1. The minimum Gasteiger partial charge on any atom is -0.479 e. The normalized spacial score (nSPS) is 13.4. The second kappa shape index (κ2) is 6.25. The van der Waals surface area contributed by atoms with E-state index in [1.165, 1.54) is 0 Å². The Morgan fingerprint density at radius 1 is 1.32 bits per heavy atom. The van der Waals surface area contributed by atoms with Crippen LogP contribution in [-0.2, 0) is 4.79 Å². The molecule has 0 fully saturated rings. The largest absolute Gasteiger partial charge is 0.479 e. The van der Waals surface area contributed by atoms with Gasteiger partial charge in [-0.2, -0.15) is 0 Å². The number of carboxylic acid groups (broad SMARTS) is 1. The second-order valence-electron chi connectivity index (χ2n) is 5.09. The number of carbonyl (C=O) groups excluding carboxylic acids is 1. The van der Waals surface area contributed by atoms with E-state index in [2.05, 4.69) is 10.3 Å². The van der Waals surface area contributed by atoms with Gasteiger partial charge in [0.05, 0.1) is 17.2 Å². The average Bonchev–Trinajstić information content (AvgIpc) is 2.91. The fourth-order valence-electron chi connectivity index (χ4n) is 1.72. The first-order valence-electron chi connectivity index (χ1n) is 6.56. The number of hydrogen-bond acceptors (Lipinski definition) is 5. The lowest BCUT2D eigenvalue weighted by Gasteiger charge is -2.18. The van der Waals surface area contributed by atoms with Crippen LogP contribution >= 0.6 is 11.3 Å². The van der Waals surface area contributed by atoms with Crippen LogP contribution in [0.3, 0.4) is 0 Å². The van der Waals surface area contributed by atoms with E-state index in [0.717, 1.165) is 23.2 Å². The molecule has 2 rings (SSSR count). The van der Waals surface area contributed by atoms with Gasteiger partial charge in [0.2, 0.25) is 0 Å². The summed E-state index contributed by atoms with van der Waals surface area (Å²) in [7, 11) is 0. The minimum atomic E-state index is -1.99. The molecule has 2 aromatic rings. The summed E-state index contributed by atoms with van der Waals surface area (Å²) in [5.41, 5.74) is 0.145. The van der Waals surface area contributed by atoms with Crippen LogP contribution in [0, 0.1) is 6.92 Å². The molecule has 22 heavy (non-hydrogen) atoms. The van der Waals surface area contributed by atoms with Gasteiger partial charge in [0.15, 0.2) is 5.60 Å². The highest BCUT2D eigenvalue weighted by Crippen LogP contribution is 2.21. The molecule has 0 saturated carbocycles. The van der Waals surface area contributed by atoms with E-state index in [1.807, 2.05) is 12.3 Å². The standard InChI is InChI=1S/C15H16N2O4S/c1-9-17-12(7-22-9)10-3-5-11(6-4-10)13(18)16-8-15(2,21)14(19)20/h3-7,21H,8H2,1-2H3,(H,16,18)(H,19,20). The van der Waals surface area contributed by atoms with Gasteiger partial charge in [-0.15, -0.1) is 11.3 Å². The zero-order valence-electron chi connectivity index (χ0n) is 12.2. The highest BCUT2D eigenvalue weighted by atomic mass is 32.1. The van der Waals surface area contributed by atoms with Crippen LogP contribution in [-0.4, -0.2) is 39.2 Å². The van der Waals surface area contributed by atoms with Gasteiger partial charge < -0.3 is 15.5 Å². The third kappa shape index (κ3) is 3.69. The summed E-state index contributed by atoms with van der Waals surface area (Å²) in [6.45, 7) is 2.68. The molecule has 1 aromatic carbocycles. The van der Waals surface area contributed by atoms with Gasteiger partial charge in [0.25, 0.3) is 5.91 Å². The van der Waals surface area contributed by atoms with E-state index >= 15 is 0 Å². The van der Waals surface area contributed by atoms with Crippen molar-refractivity contribution in [2.75, 3.05) is 6.54 Å². The summed E-state index contributed by atoms with van der Waals surface area (Å²) in [4.78, 5) is 27.1. The first-order chi connectivity index (χ1) is 10.3. The van der Waals surface area contributed by atoms with Gasteiger partial charge in [0, 0.05) is 16.5 Å². The first kappa shape index (κ1) is 16.1. The van der Waals surface area contributed by atoms with Gasteiger partial charge >= 0.3 is 5.97 Å². The molecule has 0 aliphatic heterocycles. The predicted octanol–water partition coefficient (Wildman–Crippen LogP) is 1.68. The lowest BCUT2D eigenvalue weighted by Crippen LogP contribution is -2.46. The first-order valence-corrected chi connectivity index (χ1v) is 7.44. The van der Waals surface area contributed by atoms with Crippen molar-refractivity contribution in [3.63, 3.8) is 0 Å². The Morgan fingerprint density at radius 3 is 2.45 bits per heavy atom. The highest BCUT2D eigenvalue weighted by Gasteiger charge is 2.30. The molecule has 3 N–H and O–H groups in total. The SMILES string of the molecule is Cc1nc(-c2ccc(C(=O)NCC(C)(O)C(=O)O)cc2)cs1. The maximum absolute atomic E-state index is 11.9. The molecule has 6 nitrogen and oxygen atoms in total. The minimum absolute atomic E-state index is 0.367. The summed E-state index contributed by atoms with van der Waals surface area (Å²) < 4.78 is 0. The number of hydrogen-bond donors (Lipinski definition) is 3. The number of thiazole rings is 1. The average molecular weight is 320 g/mol. The molecule has 0 saturated heterocycles. The zero-order chi connectivity index (χ0) is 16.3. The van der Waals surface area contributed by atoms with Crippen molar-refractivity contribution >= 4 is 23.2 Å². The van der Waals surface area contributed by atoms with Crippen LogP contribution in [0.4, 0.5) is 0 Å². The third-order valence-corrected chi connectivity index (χ3v) is 3.89. The molecule has 0 spiro atoms. The summed E-state index contributed by atoms with van der Waals surface area (Å²) in [6, 6.07) is 6.82. The van der Waals surface area contributed by atoms with Crippen molar-refractivity contribution in [2.24, 2.45) is 0 Å². The fourth-order valence-corrected chi connectivity index (χ4v) is 2.34. The van der Waals surface area contributed by atoms with Gasteiger partial charge in [-0.1, -0.05) is 12.1 Å². The topological polar surface area (TPSA) is 99.5 Å². The number of amides is 1. The van der Waals surface area contributed by atoms with Gasteiger partial charge in [0.1, 0.15) is 0 Å². The number of nitrogens with one attached hydrogen (secondary N) is 1. The van der Waals surface area contributed by atoms with Crippen molar-refractivity contribution in [1.82, 2.24) is 10.3 Å². The number of rotatable bonds is 5. The molecule has 0 radical (unpaired) electrons. The number of aryl methyl sites for hydroxylation is 1. The smallest absolute Gasteiger partial charge is 0.337 e. The quantitative estimate of drug-likeness (QED) is 0.778. The Bertz CT molecular complexity index is 692. The molecule has 1 atom stereocenters. The summed E-state index contributed by atoms with van der Waals surface area (Å²) >= 11 is 1.55. The van der Waals surface area contributed by atoms with E-state index < -0.39 is 17.5 Å². The van der Waals surface area contributed by atoms with Crippen molar-refractivity contribution in [1.29, 1.82) is 0 Å². The van der Waals surface area contributed by atoms with Crippen LogP contribution in [0.15, 0.2) is 29.6 Å². The van der Waals surface area contributed by atoms with Gasteiger partial charge in [-0.3, -0.25) is 4.79 Å². The van der Waals surface area contributed by atoms with E-state index in [9.17, 15) is 14.7 Å². The molecule has 7 heteroatoms. The molecule has 0 aliphatic carbocycles. The molecule has 0 aliphatic rings. The van der Waals surface area contributed by atoms with Crippen LogP contribution in [0.2, 0.25) is 0 Å². The lowest BCUT2D eigenvalue weighted by molar-refractivity contribution is -0.155. The Hall–Kier alpha value is -2.25. The monoisotopic (exact) mass is 320 g/mol. The second-order valence-corrected chi connectivity index (χ2v) is 6.15. The molecule has 1 heterocycles. The van der Waals surface area contributed by atoms with Gasteiger partial charge in [-0.05, 0) is 26.0 Å². The van der Waals surface area contributed by atoms with E-state index in [1.54, 1.807) is 35.6 Å². The highest BCUT2D eigenvalue weighted by molar-refractivity contribution is 7.09. The van der Waals surface area contributed by atoms with E-state index in [0.29, 0.717) is 5.56 Å². The molecule has 1 unspecified atom stereocenters.